The molecule has 2 aromatic carbocycles. The van der Waals surface area contributed by atoms with Crippen molar-refractivity contribution in [1.82, 2.24) is 9.88 Å². The maximum Gasteiger partial charge on any atom is 0.263 e. The third kappa shape index (κ3) is 5.42. The normalized spacial score (nSPS) is 16.6. The van der Waals surface area contributed by atoms with Gasteiger partial charge in [-0.1, -0.05) is 18.2 Å². The number of carbonyl (C=O) groups excluding carboxylic acids is 1. The number of hydrogen-bond donors (Lipinski definition) is 1. The third-order valence-corrected chi connectivity index (χ3v) is 7.27. The summed E-state index contributed by atoms with van der Waals surface area (Å²) in [5.74, 6) is 0.996. The van der Waals surface area contributed by atoms with Gasteiger partial charge in [0.2, 0.25) is 0 Å². The van der Waals surface area contributed by atoms with Gasteiger partial charge in [0.1, 0.15) is 5.75 Å². The lowest BCUT2D eigenvalue weighted by atomic mass is 9.98. The Bertz CT molecular complexity index is 1100. The first-order valence-corrected chi connectivity index (χ1v) is 12.4. The zero-order valence-corrected chi connectivity index (χ0v) is 18.4. The van der Waals surface area contributed by atoms with E-state index in [0.29, 0.717) is 30.4 Å². The zero-order chi connectivity index (χ0) is 21.7. The summed E-state index contributed by atoms with van der Waals surface area (Å²) in [5.41, 5.74) is 0.470. The molecule has 1 saturated heterocycles. The van der Waals surface area contributed by atoms with Gasteiger partial charge in [0.25, 0.3) is 15.9 Å². The van der Waals surface area contributed by atoms with Crippen molar-refractivity contribution in [3.8, 4) is 5.75 Å². The summed E-state index contributed by atoms with van der Waals surface area (Å²) in [5, 5.41) is 1.99. The van der Waals surface area contributed by atoms with Gasteiger partial charge in [0.05, 0.1) is 11.5 Å². The molecule has 1 unspecified atom stereocenters. The number of benzene rings is 2. The first-order valence-electron chi connectivity index (χ1n) is 10.0. The summed E-state index contributed by atoms with van der Waals surface area (Å²) in [4.78, 5) is 18.8. The van der Waals surface area contributed by atoms with Gasteiger partial charge in [-0.3, -0.25) is 9.52 Å². The van der Waals surface area contributed by atoms with Crippen LogP contribution >= 0.6 is 11.3 Å². The summed E-state index contributed by atoms with van der Waals surface area (Å²) in [6.45, 7) is 1.87. The molecule has 0 saturated carbocycles. The number of nitrogens with zero attached hydrogens (tertiary/aromatic N) is 2. The molecule has 7 nitrogen and oxygen atoms in total. The Morgan fingerprint density at radius 2 is 1.94 bits per heavy atom. The van der Waals surface area contributed by atoms with Crippen molar-refractivity contribution in [3.05, 3.63) is 71.7 Å². The van der Waals surface area contributed by atoms with E-state index in [0.717, 1.165) is 18.6 Å². The van der Waals surface area contributed by atoms with Gasteiger partial charge in [-0.05, 0) is 49.2 Å². The van der Waals surface area contributed by atoms with Crippen LogP contribution in [-0.2, 0) is 10.0 Å². The summed E-state index contributed by atoms with van der Waals surface area (Å²) in [6, 6.07) is 15.7. The number of aromatic nitrogens is 1. The Morgan fingerprint density at radius 1 is 1.16 bits per heavy atom. The van der Waals surface area contributed by atoms with Crippen LogP contribution in [0.3, 0.4) is 0 Å². The zero-order valence-electron chi connectivity index (χ0n) is 16.8. The average molecular weight is 458 g/mol. The fraction of sp³-hybridized carbons (Fsp3) is 0.273. The summed E-state index contributed by atoms with van der Waals surface area (Å²) in [6.07, 6.45) is 3.45. The Balaban J connectivity index is 1.37. The highest BCUT2D eigenvalue weighted by Gasteiger charge is 2.25. The highest BCUT2D eigenvalue weighted by Crippen LogP contribution is 2.22. The number of para-hydroxylation sites is 1. The van der Waals surface area contributed by atoms with Gasteiger partial charge in [-0.2, -0.15) is 0 Å². The number of ether oxygens (including phenoxy) is 1. The molecule has 31 heavy (non-hydrogen) atoms. The number of thiazole rings is 1. The number of rotatable bonds is 7. The molecule has 4 rings (SSSR count). The molecule has 1 aliphatic heterocycles. The Labute approximate surface area is 185 Å². The van der Waals surface area contributed by atoms with Crippen molar-refractivity contribution in [2.24, 2.45) is 5.92 Å². The van der Waals surface area contributed by atoms with Gasteiger partial charge in [0.15, 0.2) is 5.13 Å². The van der Waals surface area contributed by atoms with Crippen molar-refractivity contribution in [2.45, 2.75) is 17.7 Å². The van der Waals surface area contributed by atoms with Crippen LogP contribution in [0.4, 0.5) is 5.13 Å². The summed E-state index contributed by atoms with van der Waals surface area (Å²) >= 11 is 1.20. The Morgan fingerprint density at radius 3 is 2.65 bits per heavy atom. The van der Waals surface area contributed by atoms with E-state index in [1.807, 2.05) is 35.2 Å². The monoisotopic (exact) mass is 457 g/mol. The topological polar surface area (TPSA) is 88.6 Å². The van der Waals surface area contributed by atoms with E-state index in [1.165, 1.54) is 29.7 Å². The third-order valence-electron chi connectivity index (χ3n) is 5.10. The fourth-order valence-corrected chi connectivity index (χ4v) is 5.31. The van der Waals surface area contributed by atoms with Crippen LogP contribution in [0, 0.1) is 5.92 Å². The minimum atomic E-state index is -3.74. The smallest absolute Gasteiger partial charge is 0.263 e. The second kappa shape index (κ2) is 9.49. The van der Waals surface area contributed by atoms with Crippen LogP contribution in [0.5, 0.6) is 5.75 Å². The molecule has 0 radical (unpaired) electrons. The van der Waals surface area contributed by atoms with Crippen molar-refractivity contribution >= 4 is 32.4 Å². The highest BCUT2D eigenvalue weighted by atomic mass is 32.2. The standard InChI is InChI=1S/C22H23N3O4S2/c26-21(25-13-4-5-17(15-25)16-29-19-6-2-1-3-7-19)18-8-10-20(11-9-18)31(27,28)24-22-23-12-14-30-22/h1-3,6-12,14,17H,4-5,13,15-16H2,(H,23,24). The molecule has 1 N–H and O–H groups in total. The molecular formula is C22H23N3O4S2. The molecule has 0 aliphatic carbocycles. The van der Waals surface area contributed by atoms with Gasteiger partial charge in [0, 0.05) is 36.1 Å². The maximum absolute atomic E-state index is 12.9. The fourth-order valence-electron chi connectivity index (χ4n) is 3.52. The first-order chi connectivity index (χ1) is 15.0. The number of piperidine rings is 1. The molecule has 162 valence electrons. The maximum atomic E-state index is 12.9. The summed E-state index contributed by atoms with van der Waals surface area (Å²) < 4.78 is 33.2. The lowest BCUT2D eigenvalue weighted by Crippen LogP contribution is -2.41. The number of anilines is 1. The van der Waals surface area contributed by atoms with E-state index >= 15 is 0 Å². The van der Waals surface area contributed by atoms with Crippen molar-refractivity contribution in [2.75, 3.05) is 24.4 Å². The Kier molecular flexibility index (Phi) is 6.53. The molecule has 9 heteroatoms. The number of amides is 1. The van der Waals surface area contributed by atoms with Crippen LogP contribution in [0.25, 0.3) is 0 Å². The van der Waals surface area contributed by atoms with E-state index in [2.05, 4.69) is 9.71 Å². The molecule has 1 atom stereocenters. The van der Waals surface area contributed by atoms with Gasteiger partial charge in [-0.15, -0.1) is 11.3 Å². The Hall–Kier alpha value is -2.91. The largest absolute Gasteiger partial charge is 0.493 e. The van der Waals surface area contributed by atoms with E-state index in [-0.39, 0.29) is 16.7 Å². The quantitative estimate of drug-likeness (QED) is 0.582. The molecule has 0 bridgehead atoms. The molecule has 1 fully saturated rings. The number of sulfonamides is 1. The van der Waals surface area contributed by atoms with Crippen molar-refractivity contribution in [1.29, 1.82) is 0 Å². The summed E-state index contributed by atoms with van der Waals surface area (Å²) in [7, 11) is -3.74. The van der Waals surface area contributed by atoms with Crippen molar-refractivity contribution < 1.29 is 17.9 Å². The highest BCUT2D eigenvalue weighted by molar-refractivity contribution is 7.93. The van der Waals surface area contributed by atoms with Crippen LogP contribution in [0.15, 0.2) is 71.1 Å². The molecule has 0 spiro atoms. The predicted molar refractivity (Wildman–Crippen MR) is 120 cm³/mol. The minimum Gasteiger partial charge on any atom is -0.493 e. The van der Waals surface area contributed by atoms with E-state index in [1.54, 1.807) is 17.5 Å². The number of hydrogen-bond acceptors (Lipinski definition) is 6. The minimum absolute atomic E-state index is 0.0898. The number of carbonyl (C=O) groups is 1. The molecule has 1 amide bonds. The predicted octanol–water partition coefficient (Wildman–Crippen LogP) is 3.88. The van der Waals surface area contributed by atoms with Gasteiger partial charge >= 0.3 is 0 Å². The van der Waals surface area contributed by atoms with Crippen molar-refractivity contribution in [3.63, 3.8) is 0 Å². The lowest BCUT2D eigenvalue weighted by Gasteiger charge is -2.32. The number of likely N-dealkylation sites (tertiary alicyclic amines) is 1. The molecule has 3 aromatic rings. The SMILES string of the molecule is O=C(c1ccc(S(=O)(=O)Nc2nccs2)cc1)N1CCCC(COc2ccccc2)C1. The molecule has 1 aliphatic rings. The van der Waals surface area contributed by atoms with E-state index in [4.69, 9.17) is 4.74 Å². The van der Waals surface area contributed by atoms with Crippen LogP contribution in [-0.4, -0.2) is 43.9 Å². The van der Waals surface area contributed by atoms with Crippen LogP contribution in [0.2, 0.25) is 0 Å². The van der Waals surface area contributed by atoms with Crippen LogP contribution < -0.4 is 9.46 Å². The first kappa shape index (κ1) is 21.3. The van der Waals surface area contributed by atoms with Crippen LogP contribution in [0.1, 0.15) is 23.2 Å². The van der Waals surface area contributed by atoms with E-state index < -0.39 is 10.0 Å². The van der Waals surface area contributed by atoms with Gasteiger partial charge in [-0.25, -0.2) is 13.4 Å². The molecule has 1 aromatic heterocycles. The molecule has 2 heterocycles. The number of nitrogens with one attached hydrogen (secondary N) is 1. The molecular weight excluding hydrogens is 434 g/mol. The van der Waals surface area contributed by atoms with E-state index in [9.17, 15) is 13.2 Å². The van der Waals surface area contributed by atoms with Gasteiger partial charge < -0.3 is 9.64 Å². The second-order valence-electron chi connectivity index (χ2n) is 7.35. The average Bonchev–Trinajstić information content (AvgIpc) is 3.30. The second-order valence-corrected chi connectivity index (χ2v) is 9.93. The lowest BCUT2D eigenvalue weighted by molar-refractivity contribution is 0.0633.